The number of aromatic nitrogens is 2. The van der Waals surface area contributed by atoms with Crippen LogP contribution in [0.5, 0.6) is 0 Å². The van der Waals surface area contributed by atoms with Crippen LogP contribution < -0.4 is 0 Å². The first-order valence-electron chi connectivity index (χ1n) is 5.80. The highest BCUT2D eigenvalue weighted by Gasteiger charge is 2.32. The highest BCUT2D eigenvalue weighted by atomic mass is 79.9. The maximum atomic E-state index is 12.1. The average Bonchev–Trinajstić information content (AvgIpc) is 2.84. The van der Waals surface area contributed by atoms with Gasteiger partial charge in [-0.3, -0.25) is 9.89 Å². The lowest BCUT2D eigenvalue weighted by Crippen LogP contribution is -2.28. The summed E-state index contributed by atoms with van der Waals surface area (Å²) in [7, 11) is 0. The highest BCUT2D eigenvalue weighted by Crippen LogP contribution is 2.43. The van der Waals surface area contributed by atoms with Crippen LogP contribution in [0.4, 0.5) is 0 Å². The van der Waals surface area contributed by atoms with E-state index in [-0.39, 0.29) is 5.91 Å². The van der Waals surface area contributed by atoms with E-state index in [4.69, 9.17) is 0 Å². The van der Waals surface area contributed by atoms with Gasteiger partial charge in [-0.2, -0.15) is 5.10 Å². The molecule has 0 aromatic carbocycles. The third kappa shape index (κ3) is 1.67. The summed E-state index contributed by atoms with van der Waals surface area (Å²) in [5.74, 6) is 0.648. The van der Waals surface area contributed by atoms with Crippen molar-refractivity contribution < 1.29 is 4.79 Å². The molecule has 1 aliphatic heterocycles. The topological polar surface area (TPSA) is 49.0 Å². The number of amides is 1. The number of carbonyl (C=O) groups is 1. The molecule has 4 nitrogen and oxygen atoms in total. The Morgan fingerprint density at radius 1 is 1.38 bits per heavy atom. The first-order chi connectivity index (χ1) is 7.77. The van der Waals surface area contributed by atoms with E-state index >= 15 is 0 Å². The summed E-state index contributed by atoms with van der Waals surface area (Å²) in [4.78, 5) is 14.0. The molecule has 86 valence electrons. The SMILES string of the molecule is O=C(c1n[nH]c(C2CC2)c1Br)N1CCCC1. The summed E-state index contributed by atoms with van der Waals surface area (Å²) in [6.07, 6.45) is 4.64. The molecule has 1 aromatic rings. The second-order valence-corrected chi connectivity index (χ2v) is 5.37. The number of hydrogen-bond acceptors (Lipinski definition) is 2. The minimum atomic E-state index is 0.0625. The molecule has 1 saturated heterocycles. The molecule has 16 heavy (non-hydrogen) atoms. The van der Waals surface area contributed by atoms with Crippen molar-refractivity contribution in [3.63, 3.8) is 0 Å². The quantitative estimate of drug-likeness (QED) is 0.905. The molecule has 0 spiro atoms. The number of nitrogens with one attached hydrogen (secondary N) is 1. The Balaban J connectivity index is 1.85. The van der Waals surface area contributed by atoms with Gasteiger partial charge < -0.3 is 4.90 Å². The average molecular weight is 284 g/mol. The summed E-state index contributed by atoms with van der Waals surface area (Å²) in [6, 6.07) is 0. The molecular formula is C11H14BrN3O. The summed E-state index contributed by atoms with van der Waals surface area (Å²) < 4.78 is 0.881. The van der Waals surface area contributed by atoms with Crippen LogP contribution in [0.2, 0.25) is 0 Å². The van der Waals surface area contributed by atoms with Gasteiger partial charge in [0.15, 0.2) is 5.69 Å². The van der Waals surface area contributed by atoms with Crippen molar-refractivity contribution in [2.75, 3.05) is 13.1 Å². The lowest BCUT2D eigenvalue weighted by molar-refractivity contribution is 0.0786. The van der Waals surface area contributed by atoms with E-state index in [0.29, 0.717) is 11.6 Å². The Morgan fingerprint density at radius 3 is 2.69 bits per heavy atom. The zero-order chi connectivity index (χ0) is 11.1. The second-order valence-electron chi connectivity index (χ2n) is 4.57. The van der Waals surface area contributed by atoms with Crippen molar-refractivity contribution in [1.82, 2.24) is 15.1 Å². The molecule has 2 aliphatic rings. The fraction of sp³-hybridized carbons (Fsp3) is 0.636. The molecule has 1 aliphatic carbocycles. The van der Waals surface area contributed by atoms with E-state index in [1.54, 1.807) is 0 Å². The van der Waals surface area contributed by atoms with Crippen molar-refractivity contribution in [3.05, 3.63) is 15.9 Å². The first-order valence-corrected chi connectivity index (χ1v) is 6.59. The normalized spacial score (nSPS) is 20.4. The van der Waals surface area contributed by atoms with E-state index < -0.39 is 0 Å². The van der Waals surface area contributed by atoms with E-state index in [9.17, 15) is 4.79 Å². The third-order valence-corrected chi connectivity index (χ3v) is 4.12. The van der Waals surface area contributed by atoms with Crippen LogP contribution in [0.3, 0.4) is 0 Å². The van der Waals surface area contributed by atoms with Crippen LogP contribution in [-0.4, -0.2) is 34.1 Å². The number of halogens is 1. The van der Waals surface area contributed by atoms with Crippen LogP contribution in [0, 0.1) is 0 Å². The number of likely N-dealkylation sites (tertiary alicyclic amines) is 1. The minimum Gasteiger partial charge on any atom is -0.337 e. The molecule has 2 fully saturated rings. The Labute approximate surface area is 103 Å². The summed E-state index contributed by atoms with van der Waals surface area (Å²) in [5.41, 5.74) is 1.66. The number of aromatic amines is 1. The van der Waals surface area contributed by atoms with Gasteiger partial charge in [0.1, 0.15) is 0 Å². The van der Waals surface area contributed by atoms with E-state index in [2.05, 4.69) is 26.1 Å². The fourth-order valence-corrected chi connectivity index (χ4v) is 2.87. The lowest BCUT2D eigenvalue weighted by atomic mass is 10.2. The predicted molar refractivity (Wildman–Crippen MR) is 63.4 cm³/mol. The molecule has 2 heterocycles. The maximum Gasteiger partial charge on any atom is 0.275 e. The summed E-state index contributed by atoms with van der Waals surface area (Å²) >= 11 is 3.50. The van der Waals surface area contributed by atoms with Gasteiger partial charge in [0, 0.05) is 19.0 Å². The van der Waals surface area contributed by atoms with E-state index in [0.717, 1.165) is 36.1 Å². The van der Waals surface area contributed by atoms with Gasteiger partial charge in [0.25, 0.3) is 5.91 Å². The molecule has 1 amide bonds. The van der Waals surface area contributed by atoms with Crippen LogP contribution in [0.15, 0.2) is 4.47 Å². The minimum absolute atomic E-state index is 0.0625. The number of H-pyrrole nitrogens is 1. The Morgan fingerprint density at radius 2 is 2.06 bits per heavy atom. The van der Waals surface area contributed by atoms with Crippen LogP contribution in [-0.2, 0) is 0 Å². The van der Waals surface area contributed by atoms with E-state index in [1.165, 1.54) is 12.8 Å². The molecule has 5 heteroatoms. The molecule has 1 N–H and O–H groups in total. The van der Waals surface area contributed by atoms with Crippen molar-refractivity contribution in [1.29, 1.82) is 0 Å². The van der Waals surface area contributed by atoms with Crippen molar-refractivity contribution in [2.45, 2.75) is 31.6 Å². The molecule has 1 saturated carbocycles. The monoisotopic (exact) mass is 283 g/mol. The molecule has 0 radical (unpaired) electrons. The van der Waals surface area contributed by atoms with Gasteiger partial charge >= 0.3 is 0 Å². The van der Waals surface area contributed by atoms with Gasteiger partial charge in [-0.05, 0) is 41.6 Å². The molecule has 3 rings (SSSR count). The van der Waals surface area contributed by atoms with Gasteiger partial charge in [0.2, 0.25) is 0 Å². The van der Waals surface area contributed by atoms with Gasteiger partial charge in [-0.25, -0.2) is 0 Å². The van der Waals surface area contributed by atoms with Gasteiger partial charge in [-0.15, -0.1) is 0 Å². The number of rotatable bonds is 2. The molecular weight excluding hydrogens is 270 g/mol. The molecule has 0 unspecified atom stereocenters. The van der Waals surface area contributed by atoms with Gasteiger partial charge in [-0.1, -0.05) is 0 Å². The largest absolute Gasteiger partial charge is 0.337 e. The lowest BCUT2D eigenvalue weighted by Gasteiger charge is -2.13. The summed E-state index contributed by atoms with van der Waals surface area (Å²) in [6.45, 7) is 1.74. The Bertz CT molecular complexity index is 419. The smallest absolute Gasteiger partial charge is 0.275 e. The molecule has 0 bridgehead atoms. The third-order valence-electron chi connectivity index (χ3n) is 3.31. The zero-order valence-electron chi connectivity index (χ0n) is 9.00. The summed E-state index contributed by atoms with van der Waals surface area (Å²) in [5, 5.41) is 7.15. The number of hydrogen-bond donors (Lipinski definition) is 1. The highest BCUT2D eigenvalue weighted by molar-refractivity contribution is 9.10. The van der Waals surface area contributed by atoms with E-state index in [1.807, 2.05) is 4.90 Å². The van der Waals surface area contributed by atoms with Crippen LogP contribution in [0.25, 0.3) is 0 Å². The van der Waals surface area contributed by atoms with Crippen molar-refractivity contribution in [3.8, 4) is 0 Å². The number of nitrogens with zero attached hydrogens (tertiary/aromatic N) is 2. The maximum absolute atomic E-state index is 12.1. The zero-order valence-corrected chi connectivity index (χ0v) is 10.6. The molecule has 0 atom stereocenters. The van der Waals surface area contributed by atoms with Crippen molar-refractivity contribution in [2.24, 2.45) is 0 Å². The van der Waals surface area contributed by atoms with Crippen LogP contribution in [0.1, 0.15) is 47.8 Å². The first kappa shape index (κ1) is 10.3. The molecule has 1 aromatic heterocycles. The number of carbonyl (C=O) groups excluding carboxylic acids is 1. The Hall–Kier alpha value is -0.840. The van der Waals surface area contributed by atoms with Crippen LogP contribution >= 0.6 is 15.9 Å². The predicted octanol–water partition coefficient (Wildman–Crippen LogP) is 2.29. The van der Waals surface area contributed by atoms with Crippen molar-refractivity contribution >= 4 is 21.8 Å². The Kier molecular flexibility index (Phi) is 2.50. The standard InChI is InChI=1S/C11H14BrN3O/c12-8-9(7-3-4-7)13-14-10(8)11(16)15-5-1-2-6-15/h7H,1-6H2,(H,13,14). The second kappa shape index (κ2) is 3.87. The fourth-order valence-electron chi connectivity index (χ4n) is 2.20. The van der Waals surface area contributed by atoms with Gasteiger partial charge in [0.05, 0.1) is 10.2 Å².